The molecule has 0 amide bonds. The second-order valence-electron chi connectivity index (χ2n) is 7.08. The van der Waals surface area contributed by atoms with Crippen LogP contribution in [0.3, 0.4) is 0 Å². The number of esters is 1. The van der Waals surface area contributed by atoms with Crippen molar-refractivity contribution >= 4 is 23.4 Å². The van der Waals surface area contributed by atoms with Crippen molar-refractivity contribution in [3.63, 3.8) is 0 Å². The van der Waals surface area contributed by atoms with Crippen LogP contribution < -0.4 is 0 Å². The Hall–Kier alpha value is -1.61. The number of ether oxygens (including phenoxy) is 1. The predicted octanol–water partition coefficient (Wildman–Crippen LogP) is 6.41. The maximum Gasteiger partial charge on any atom is 0.348 e. The van der Waals surface area contributed by atoms with E-state index in [4.69, 9.17) is 4.74 Å². The fourth-order valence-corrected chi connectivity index (χ4v) is 4.15. The average molecular weight is 345 g/mol. The zero-order chi connectivity index (χ0) is 17.7. The van der Waals surface area contributed by atoms with Gasteiger partial charge in [-0.25, -0.2) is 4.79 Å². The minimum Gasteiger partial charge on any atom is -0.462 e. The first kappa shape index (κ1) is 18.7. The van der Waals surface area contributed by atoms with Gasteiger partial charge in [0.15, 0.2) is 0 Å². The predicted molar refractivity (Wildman–Crippen MR) is 103 cm³/mol. The van der Waals surface area contributed by atoms with E-state index < -0.39 is 0 Å². The van der Waals surface area contributed by atoms with Crippen LogP contribution in [0.1, 0.15) is 68.4 Å². The van der Waals surface area contributed by atoms with E-state index in [0.29, 0.717) is 11.5 Å². The summed E-state index contributed by atoms with van der Waals surface area (Å²) in [5.74, 6) is -0.236. The molecule has 0 aromatic carbocycles. The monoisotopic (exact) mass is 344 g/mol. The number of allylic oxidation sites excluding steroid dienone is 5. The molecule has 130 valence electrons. The Kier molecular flexibility index (Phi) is 6.22. The lowest BCUT2D eigenvalue weighted by atomic mass is 9.72. The smallest absolute Gasteiger partial charge is 0.348 e. The lowest BCUT2D eigenvalue weighted by Gasteiger charge is -2.32. The van der Waals surface area contributed by atoms with Gasteiger partial charge in [-0.15, -0.1) is 11.3 Å². The van der Waals surface area contributed by atoms with Gasteiger partial charge in [0.05, 0.1) is 6.61 Å². The zero-order valence-electron chi connectivity index (χ0n) is 15.4. The maximum atomic E-state index is 11.7. The molecule has 3 heteroatoms. The number of carbonyl (C=O) groups excluding carboxylic acids is 1. The zero-order valence-corrected chi connectivity index (χ0v) is 16.3. The molecular formula is C21H28O2S. The van der Waals surface area contributed by atoms with Gasteiger partial charge in [-0.2, -0.15) is 0 Å². The van der Waals surface area contributed by atoms with E-state index in [9.17, 15) is 4.79 Å². The molecule has 1 aromatic heterocycles. The summed E-state index contributed by atoms with van der Waals surface area (Å²) >= 11 is 1.47. The molecular weight excluding hydrogens is 316 g/mol. The van der Waals surface area contributed by atoms with Crippen LogP contribution in [0, 0.1) is 5.41 Å². The van der Waals surface area contributed by atoms with Gasteiger partial charge in [-0.3, -0.25) is 0 Å². The molecule has 0 saturated heterocycles. The summed E-state index contributed by atoms with van der Waals surface area (Å²) in [5.41, 5.74) is 4.43. The molecule has 0 aliphatic heterocycles. The van der Waals surface area contributed by atoms with Crippen LogP contribution in [-0.4, -0.2) is 12.6 Å². The van der Waals surface area contributed by atoms with Crippen molar-refractivity contribution in [2.24, 2.45) is 5.41 Å². The number of carbonyl (C=O) groups is 1. The molecule has 0 unspecified atom stereocenters. The molecule has 2 rings (SSSR count). The minimum absolute atomic E-state index is 0.236. The number of hydrogen-bond donors (Lipinski definition) is 0. The van der Waals surface area contributed by atoms with Crippen molar-refractivity contribution in [2.45, 2.75) is 53.9 Å². The number of thiophene rings is 1. The summed E-state index contributed by atoms with van der Waals surface area (Å²) in [6.07, 6.45) is 10.3. The minimum atomic E-state index is -0.236. The molecule has 1 aromatic rings. The second kappa shape index (κ2) is 7.98. The third kappa shape index (κ3) is 4.70. The Labute approximate surface area is 149 Å². The van der Waals surface area contributed by atoms with E-state index in [1.807, 2.05) is 19.1 Å². The first-order valence-corrected chi connectivity index (χ1v) is 9.48. The molecule has 0 radical (unpaired) electrons. The third-order valence-electron chi connectivity index (χ3n) is 4.53. The van der Waals surface area contributed by atoms with Gasteiger partial charge in [0.25, 0.3) is 0 Å². The van der Waals surface area contributed by atoms with Crippen LogP contribution in [0.4, 0.5) is 0 Å². The van der Waals surface area contributed by atoms with Crippen LogP contribution >= 0.6 is 11.3 Å². The van der Waals surface area contributed by atoms with Crippen molar-refractivity contribution in [1.29, 1.82) is 0 Å². The van der Waals surface area contributed by atoms with Gasteiger partial charge in [0, 0.05) is 4.88 Å². The third-order valence-corrected chi connectivity index (χ3v) is 5.54. The Morgan fingerprint density at radius 3 is 2.79 bits per heavy atom. The highest BCUT2D eigenvalue weighted by atomic mass is 32.1. The summed E-state index contributed by atoms with van der Waals surface area (Å²) < 4.78 is 5.04. The van der Waals surface area contributed by atoms with E-state index in [0.717, 1.165) is 4.88 Å². The number of hydrogen-bond acceptors (Lipinski definition) is 3. The normalized spacial score (nSPS) is 18.3. The quantitative estimate of drug-likeness (QED) is 0.455. The summed E-state index contributed by atoms with van der Waals surface area (Å²) in [5, 5.41) is 0. The van der Waals surface area contributed by atoms with Gasteiger partial charge in [0.1, 0.15) is 4.88 Å². The van der Waals surface area contributed by atoms with Crippen molar-refractivity contribution in [3.8, 4) is 0 Å². The topological polar surface area (TPSA) is 26.3 Å². The molecule has 0 bridgehead atoms. The van der Waals surface area contributed by atoms with Gasteiger partial charge < -0.3 is 4.74 Å². The van der Waals surface area contributed by atoms with Crippen molar-refractivity contribution in [3.05, 3.63) is 50.8 Å². The van der Waals surface area contributed by atoms with Crippen LogP contribution in [0.5, 0.6) is 0 Å². The highest BCUT2D eigenvalue weighted by molar-refractivity contribution is 7.14. The van der Waals surface area contributed by atoms with Gasteiger partial charge in [-0.1, -0.05) is 31.6 Å². The maximum absolute atomic E-state index is 11.7. The SMILES string of the molecule is CCOC(=O)c1ccc(/C=C(C)\C=C\C2=C(C)CCCC2(C)C)s1. The van der Waals surface area contributed by atoms with Crippen LogP contribution in [0.15, 0.2) is 41.0 Å². The van der Waals surface area contributed by atoms with E-state index in [-0.39, 0.29) is 11.4 Å². The summed E-state index contributed by atoms with van der Waals surface area (Å²) in [7, 11) is 0. The van der Waals surface area contributed by atoms with E-state index >= 15 is 0 Å². The highest BCUT2D eigenvalue weighted by Gasteiger charge is 2.26. The molecule has 2 nitrogen and oxygen atoms in total. The lowest BCUT2D eigenvalue weighted by Crippen LogP contribution is -2.19. The van der Waals surface area contributed by atoms with E-state index in [2.05, 4.69) is 45.9 Å². The fourth-order valence-electron chi connectivity index (χ4n) is 3.24. The van der Waals surface area contributed by atoms with Gasteiger partial charge >= 0.3 is 5.97 Å². The van der Waals surface area contributed by atoms with E-state index in [1.165, 1.54) is 47.3 Å². The molecule has 0 N–H and O–H groups in total. The molecule has 0 fully saturated rings. The molecule has 1 aliphatic carbocycles. The molecule has 0 atom stereocenters. The largest absolute Gasteiger partial charge is 0.462 e. The summed E-state index contributed by atoms with van der Waals surface area (Å²) in [4.78, 5) is 13.5. The lowest BCUT2D eigenvalue weighted by molar-refractivity contribution is 0.0532. The van der Waals surface area contributed by atoms with Crippen LogP contribution in [0.2, 0.25) is 0 Å². The standard InChI is InChI=1S/C21H28O2S/c1-6-23-20(22)19-12-10-17(24-19)14-15(2)9-11-18-16(3)8-7-13-21(18,4)5/h9-12,14H,6-8,13H2,1-5H3/b11-9+,15-14-. The van der Waals surface area contributed by atoms with Gasteiger partial charge in [-0.05, 0) is 74.8 Å². The van der Waals surface area contributed by atoms with Gasteiger partial charge in [0.2, 0.25) is 0 Å². The van der Waals surface area contributed by atoms with E-state index in [1.54, 1.807) is 0 Å². The molecule has 0 saturated carbocycles. The average Bonchev–Trinajstić information content (AvgIpc) is 2.95. The molecule has 1 heterocycles. The first-order valence-electron chi connectivity index (χ1n) is 8.67. The van der Waals surface area contributed by atoms with Crippen LogP contribution in [-0.2, 0) is 4.74 Å². The molecule has 0 spiro atoms. The Morgan fingerprint density at radius 2 is 2.12 bits per heavy atom. The summed E-state index contributed by atoms with van der Waals surface area (Å²) in [6.45, 7) is 11.3. The Balaban J connectivity index is 2.13. The van der Waals surface area contributed by atoms with Crippen molar-refractivity contribution in [2.75, 3.05) is 6.61 Å². The fraction of sp³-hybridized carbons (Fsp3) is 0.476. The van der Waals surface area contributed by atoms with Crippen molar-refractivity contribution < 1.29 is 9.53 Å². The van der Waals surface area contributed by atoms with Crippen LogP contribution in [0.25, 0.3) is 6.08 Å². The molecule has 1 aliphatic rings. The second-order valence-corrected chi connectivity index (χ2v) is 8.19. The summed E-state index contributed by atoms with van der Waals surface area (Å²) in [6, 6.07) is 3.81. The first-order chi connectivity index (χ1) is 11.3. The Bertz CT molecular complexity index is 686. The number of rotatable bonds is 5. The molecule has 24 heavy (non-hydrogen) atoms. The Morgan fingerprint density at radius 1 is 1.38 bits per heavy atom. The highest BCUT2D eigenvalue weighted by Crippen LogP contribution is 2.40. The van der Waals surface area contributed by atoms with Crippen molar-refractivity contribution in [1.82, 2.24) is 0 Å².